The maximum Gasteiger partial charge on any atom is 0.0366 e. The molecule has 0 amide bonds. The molecule has 1 N–H and O–H groups in total. The minimum Gasteiger partial charge on any atom is -0.310 e. The number of hydrogen-bond acceptors (Lipinski definition) is 1. The highest BCUT2D eigenvalue weighted by Gasteiger charge is 2.11. The largest absolute Gasteiger partial charge is 0.310 e. The second-order valence-corrected chi connectivity index (χ2v) is 4.51. The van der Waals surface area contributed by atoms with Crippen LogP contribution >= 0.6 is 15.9 Å². The van der Waals surface area contributed by atoms with Crippen LogP contribution in [0, 0.1) is 6.92 Å². The Labute approximate surface area is 101 Å². The lowest BCUT2D eigenvalue weighted by Gasteiger charge is -2.18. The van der Waals surface area contributed by atoms with Gasteiger partial charge in [0.25, 0.3) is 0 Å². The standard InChI is InChI=1S/C13H18BrN/c1-4-6-13(15-5-2)11-9-10(3)7-8-12(11)14/h4,7-9,13,15H,1,5-6H2,2-3H3. The van der Waals surface area contributed by atoms with Crippen molar-refractivity contribution in [3.63, 3.8) is 0 Å². The fourth-order valence-corrected chi connectivity index (χ4v) is 2.19. The predicted octanol–water partition coefficient (Wildman–Crippen LogP) is 3.98. The SMILES string of the molecule is C=CCC(NCC)c1cc(C)ccc1Br. The monoisotopic (exact) mass is 267 g/mol. The topological polar surface area (TPSA) is 12.0 Å². The van der Waals surface area contributed by atoms with Crippen molar-refractivity contribution in [1.82, 2.24) is 5.32 Å². The highest BCUT2D eigenvalue weighted by atomic mass is 79.9. The Morgan fingerprint density at radius 1 is 1.53 bits per heavy atom. The molecule has 1 unspecified atom stereocenters. The second-order valence-electron chi connectivity index (χ2n) is 3.66. The van der Waals surface area contributed by atoms with Crippen LogP contribution in [-0.4, -0.2) is 6.54 Å². The Morgan fingerprint density at radius 2 is 2.27 bits per heavy atom. The molecule has 0 aliphatic heterocycles. The van der Waals surface area contributed by atoms with E-state index >= 15 is 0 Å². The minimum atomic E-state index is 0.363. The van der Waals surface area contributed by atoms with Crippen LogP contribution < -0.4 is 5.32 Å². The lowest BCUT2D eigenvalue weighted by molar-refractivity contribution is 0.557. The summed E-state index contributed by atoms with van der Waals surface area (Å²) in [7, 11) is 0. The number of nitrogens with one attached hydrogen (secondary N) is 1. The summed E-state index contributed by atoms with van der Waals surface area (Å²) >= 11 is 3.60. The fourth-order valence-electron chi connectivity index (χ4n) is 1.66. The first kappa shape index (κ1) is 12.5. The van der Waals surface area contributed by atoms with Gasteiger partial charge in [0, 0.05) is 10.5 Å². The quantitative estimate of drug-likeness (QED) is 0.796. The molecule has 0 saturated heterocycles. The van der Waals surface area contributed by atoms with Crippen LogP contribution in [-0.2, 0) is 0 Å². The highest BCUT2D eigenvalue weighted by molar-refractivity contribution is 9.10. The maximum absolute atomic E-state index is 3.81. The van der Waals surface area contributed by atoms with Gasteiger partial charge in [0.15, 0.2) is 0 Å². The molecule has 0 aliphatic carbocycles. The van der Waals surface area contributed by atoms with Gasteiger partial charge in [-0.2, -0.15) is 0 Å². The van der Waals surface area contributed by atoms with Crippen LogP contribution in [0.4, 0.5) is 0 Å². The van der Waals surface area contributed by atoms with Crippen molar-refractivity contribution in [3.05, 3.63) is 46.5 Å². The van der Waals surface area contributed by atoms with Crippen molar-refractivity contribution in [2.45, 2.75) is 26.3 Å². The minimum absolute atomic E-state index is 0.363. The van der Waals surface area contributed by atoms with Crippen molar-refractivity contribution in [2.24, 2.45) is 0 Å². The van der Waals surface area contributed by atoms with E-state index in [4.69, 9.17) is 0 Å². The van der Waals surface area contributed by atoms with E-state index < -0.39 is 0 Å². The molecule has 0 heterocycles. The van der Waals surface area contributed by atoms with E-state index in [-0.39, 0.29) is 0 Å². The van der Waals surface area contributed by atoms with Crippen molar-refractivity contribution in [3.8, 4) is 0 Å². The predicted molar refractivity (Wildman–Crippen MR) is 70.1 cm³/mol. The fraction of sp³-hybridized carbons (Fsp3) is 0.385. The molecule has 0 saturated carbocycles. The summed E-state index contributed by atoms with van der Waals surface area (Å²) in [6.07, 6.45) is 2.91. The lowest BCUT2D eigenvalue weighted by Crippen LogP contribution is -2.20. The normalized spacial score (nSPS) is 12.5. The van der Waals surface area contributed by atoms with E-state index in [9.17, 15) is 0 Å². The van der Waals surface area contributed by atoms with Gasteiger partial charge in [-0.25, -0.2) is 0 Å². The van der Waals surface area contributed by atoms with Gasteiger partial charge >= 0.3 is 0 Å². The first-order chi connectivity index (χ1) is 7.19. The lowest BCUT2D eigenvalue weighted by atomic mass is 10.0. The molecular weight excluding hydrogens is 250 g/mol. The Balaban J connectivity index is 2.97. The van der Waals surface area contributed by atoms with Crippen LogP contribution in [0.25, 0.3) is 0 Å². The third-order valence-electron chi connectivity index (χ3n) is 2.38. The Hall–Kier alpha value is -0.600. The van der Waals surface area contributed by atoms with Gasteiger partial charge in [-0.15, -0.1) is 6.58 Å². The molecule has 1 aromatic rings. The third kappa shape index (κ3) is 3.47. The Bertz CT molecular complexity index is 333. The molecule has 0 aliphatic rings. The zero-order chi connectivity index (χ0) is 11.3. The summed E-state index contributed by atoms with van der Waals surface area (Å²) in [4.78, 5) is 0. The molecule has 0 radical (unpaired) electrons. The van der Waals surface area contributed by atoms with Gasteiger partial charge in [-0.1, -0.05) is 46.6 Å². The Morgan fingerprint density at radius 3 is 2.87 bits per heavy atom. The number of benzene rings is 1. The van der Waals surface area contributed by atoms with E-state index in [2.05, 4.69) is 59.9 Å². The molecule has 1 aromatic carbocycles. The summed E-state index contributed by atoms with van der Waals surface area (Å²) in [6, 6.07) is 6.81. The molecule has 82 valence electrons. The number of halogens is 1. The molecule has 1 rings (SSSR count). The van der Waals surface area contributed by atoms with E-state index in [1.165, 1.54) is 15.6 Å². The molecule has 15 heavy (non-hydrogen) atoms. The number of aryl methyl sites for hydroxylation is 1. The first-order valence-electron chi connectivity index (χ1n) is 5.29. The summed E-state index contributed by atoms with van der Waals surface area (Å²) in [6.45, 7) is 9.02. The molecule has 0 spiro atoms. The van der Waals surface area contributed by atoms with Crippen LogP contribution in [0.2, 0.25) is 0 Å². The number of rotatable bonds is 5. The molecular formula is C13H18BrN. The van der Waals surface area contributed by atoms with Crippen molar-refractivity contribution in [1.29, 1.82) is 0 Å². The van der Waals surface area contributed by atoms with E-state index in [1.54, 1.807) is 0 Å². The average Bonchev–Trinajstić information content (AvgIpc) is 2.21. The van der Waals surface area contributed by atoms with Crippen LogP contribution in [0.5, 0.6) is 0 Å². The van der Waals surface area contributed by atoms with E-state index in [0.29, 0.717) is 6.04 Å². The molecule has 2 heteroatoms. The molecule has 1 nitrogen and oxygen atoms in total. The average molecular weight is 268 g/mol. The second kappa shape index (κ2) is 6.09. The smallest absolute Gasteiger partial charge is 0.0366 e. The van der Waals surface area contributed by atoms with Crippen LogP contribution in [0.15, 0.2) is 35.3 Å². The summed E-state index contributed by atoms with van der Waals surface area (Å²) in [5, 5.41) is 3.47. The van der Waals surface area contributed by atoms with E-state index in [0.717, 1.165) is 13.0 Å². The molecule has 0 bridgehead atoms. The van der Waals surface area contributed by atoms with Gasteiger partial charge in [0.1, 0.15) is 0 Å². The zero-order valence-electron chi connectivity index (χ0n) is 9.39. The Kier molecular flexibility index (Phi) is 5.06. The van der Waals surface area contributed by atoms with Gasteiger partial charge in [0.2, 0.25) is 0 Å². The highest BCUT2D eigenvalue weighted by Crippen LogP contribution is 2.26. The third-order valence-corrected chi connectivity index (χ3v) is 3.10. The zero-order valence-corrected chi connectivity index (χ0v) is 11.0. The van der Waals surface area contributed by atoms with Crippen LogP contribution in [0.3, 0.4) is 0 Å². The summed E-state index contributed by atoms with van der Waals surface area (Å²) < 4.78 is 1.17. The summed E-state index contributed by atoms with van der Waals surface area (Å²) in [5.74, 6) is 0. The van der Waals surface area contributed by atoms with Crippen molar-refractivity contribution < 1.29 is 0 Å². The molecule has 1 atom stereocenters. The van der Waals surface area contributed by atoms with Gasteiger partial charge in [-0.3, -0.25) is 0 Å². The van der Waals surface area contributed by atoms with Gasteiger partial charge in [0.05, 0.1) is 0 Å². The van der Waals surface area contributed by atoms with Crippen LogP contribution in [0.1, 0.15) is 30.5 Å². The summed E-state index contributed by atoms with van der Waals surface area (Å²) in [5.41, 5.74) is 2.61. The van der Waals surface area contributed by atoms with E-state index in [1.807, 2.05) is 6.08 Å². The maximum atomic E-state index is 3.81. The van der Waals surface area contributed by atoms with Crippen molar-refractivity contribution in [2.75, 3.05) is 6.54 Å². The molecule has 0 aromatic heterocycles. The first-order valence-corrected chi connectivity index (χ1v) is 6.08. The number of hydrogen-bond donors (Lipinski definition) is 1. The van der Waals surface area contributed by atoms with Gasteiger partial charge in [-0.05, 0) is 31.5 Å². The molecule has 0 fully saturated rings. The van der Waals surface area contributed by atoms with Gasteiger partial charge < -0.3 is 5.32 Å². The van der Waals surface area contributed by atoms with Crippen molar-refractivity contribution >= 4 is 15.9 Å².